The van der Waals surface area contributed by atoms with Crippen molar-refractivity contribution in [2.24, 2.45) is 0 Å². The Morgan fingerprint density at radius 2 is 2.50 bits per heavy atom. The van der Waals surface area contributed by atoms with Gasteiger partial charge in [-0.2, -0.15) is 0 Å². The molecule has 2 heteroatoms. The Bertz CT molecular complexity index is 243. The Balaban J connectivity index is 2.39. The minimum absolute atomic E-state index is 0.293. The number of rotatable bonds is 1. The van der Waals surface area contributed by atoms with Crippen molar-refractivity contribution < 1.29 is 4.74 Å². The van der Waals surface area contributed by atoms with E-state index in [1.165, 1.54) is 5.56 Å². The van der Waals surface area contributed by atoms with E-state index in [1.54, 1.807) is 0 Å². The molecule has 52 valence electrons. The number of hydrogen-bond acceptors (Lipinski definition) is 2. The Labute approximate surface area is 59.9 Å². The largest absolute Gasteiger partial charge is 0.366 e. The Morgan fingerprint density at radius 3 is 3.10 bits per heavy atom. The molecule has 0 aliphatic carbocycles. The van der Waals surface area contributed by atoms with Crippen LogP contribution in [0.15, 0.2) is 18.3 Å². The van der Waals surface area contributed by atoms with E-state index < -0.39 is 0 Å². The standard InChI is InChI=1S/C8H9NO/c1-6-3-2-4-9-8(6)7-5-10-7/h2-4,7H,5H2,1H3/t7-/m1/s1. The van der Waals surface area contributed by atoms with Gasteiger partial charge in [0.25, 0.3) is 0 Å². The Kier molecular flexibility index (Phi) is 1.21. The van der Waals surface area contributed by atoms with Crippen molar-refractivity contribution >= 4 is 0 Å². The molecule has 1 aliphatic heterocycles. The monoisotopic (exact) mass is 135 g/mol. The molecule has 2 nitrogen and oxygen atoms in total. The van der Waals surface area contributed by atoms with Gasteiger partial charge in [-0.3, -0.25) is 4.98 Å². The molecule has 1 aliphatic rings. The maximum atomic E-state index is 5.11. The third-order valence-electron chi connectivity index (χ3n) is 1.69. The second kappa shape index (κ2) is 2.06. The summed E-state index contributed by atoms with van der Waals surface area (Å²) >= 11 is 0. The summed E-state index contributed by atoms with van der Waals surface area (Å²) in [6.45, 7) is 2.90. The summed E-state index contributed by atoms with van der Waals surface area (Å²) in [4.78, 5) is 4.22. The normalized spacial score (nSPS) is 22.7. The molecule has 1 fully saturated rings. The highest BCUT2D eigenvalue weighted by molar-refractivity contribution is 5.21. The van der Waals surface area contributed by atoms with Gasteiger partial charge in [0.1, 0.15) is 6.10 Å². The topological polar surface area (TPSA) is 25.4 Å². The molecule has 0 aromatic carbocycles. The molecule has 0 spiro atoms. The summed E-state index contributed by atoms with van der Waals surface area (Å²) < 4.78 is 5.11. The molecule has 1 aromatic heterocycles. The highest BCUT2D eigenvalue weighted by Gasteiger charge is 2.27. The van der Waals surface area contributed by atoms with Gasteiger partial charge in [0.15, 0.2) is 0 Å². The molecule has 1 atom stereocenters. The predicted octanol–water partition coefficient (Wildman–Crippen LogP) is 1.46. The van der Waals surface area contributed by atoms with Crippen LogP contribution in [0.1, 0.15) is 17.4 Å². The van der Waals surface area contributed by atoms with Crippen molar-refractivity contribution in [3.63, 3.8) is 0 Å². The van der Waals surface area contributed by atoms with Gasteiger partial charge >= 0.3 is 0 Å². The van der Waals surface area contributed by atoms with Crippen LogP contribution in [0.25, 0.3) is 0 Å². The van der Waals surface area contributed by atoms with Crippen LogP contribution in [0.4, 0.5) is 0 Å². The van der Waals surface area contributed by atoms with Crippen LogP contribution in [-0.4, -0.2) is 11.6 Å². The van der Waals surface area contributed by atoms with Crippen LogP contribution in [0.5, 0.6) is 0 Å². The number of pyridine rings is 1. The van der Waals surface area contributed by atoms with Gasteiger partial charge in [-0.05, 0) is 18.6 Å². The minimum Gasteiger partial charge on any atom is -0.366 e. The first-order valence-corrected chi connectivity index (χ1v) is 3.41. The van der Waals surface area contributed by atoms with E-state index in [4.69, 9.17) is 4.74 Å². The lowest BCUT2D eigenvalue weighted by Gasteiger charge is -1.97. The second-order valence-electron chi connectivity index (χ2n) is 2.53. The van der Waals surface area contributed by atoms with E-state index in [2.05, 4.69) is 18.0 Å². The average Bonchev–Trinajstić information content (AvgIpc) is 2.71. The summed E-state index contributed by atoms with van der Waals surface area (Å²) in [6, 6.07) is 4.01. The van der Waals surface area contributed by atoms with Crippen LogP contribution in [0.3, 0.4) is 0 Å². The lowest BCUT2D eigenvalue weighted by Crippen LogP contribution is -1.89. The maximum Gasteiger partial charge on any atom is 0.123 e. The molecule has 2 heterocycles. The molecule has 0 bridgehead atoms. The lowest BCUT2D eigenvalue weighted by molar-refractivity contribution is 0.410. The molecule has 1 aromatic rings. The fourth-order valence-corrected chi connectivity index (χ4v) is 1.04. The van der Waals surface area contributed by atoms with E-state index in [1.807, 2.05) is 12.3 Å². The first-order valence-electron chi connectivity index (χ1n) is 3.41. The van der Waals surface area contributed by atoms with Crippen LogP contribution in [0.2, 0.25) is 0 Å². The molecule has 2 rings (SSSR count). The summed E-state index contributed by atoms with van der Waals surface area (Å²) in [5.74, 6) is 0. The highest BCUT2D eigenvalue weighted by Crippen LogP contribution is 2.29. The minimum atomic E-state index is 0.293. The van der Waals surface area contributed by atoms with Gasteiger partial charge in [-0.25, -0.2) is 0 Å². The second-order valence-corrected chi connectivity index (χ2v) is 2.53. The van der Waals surface area contributed by atoms with Crippen molar-refractivity contribution in [2.75, 3.05) is 6.61 Å². The van der Waals surface area contributed by atoms with Crippen molar-refractivity contribution in [1.82, 2.24) is 4.98 Å². The number of ether oxygens (including phenoxy) is 1. The SMILES string of the molecule is Cc1cccnc1[C@H]1CO1. The summed E-state index contributed by atoms with van der Waals surface area (Å²) in [5.41, 5.74) is 2.33. The molecule has 10 heavy (non-hydrogen) atoms. The van der Waals surface area contributed by atoms with Crippen LogP contribution >= 0.6 is 0 Å². The average molecular weight is 135 g/mol. The molecular weight excluding hydrogens is 126 g/mol. The van der Waals surface area contributed by atoms with Crippen LogP contribution in [0, 0.1) is 6.92 Å². The first kappa shape index (κ1) is 5.86. The van der Waals surface area contributed by atoms with Gasteiger partial charge in [0.05, 0.1) is 12.3 Å². The Morgan fingerprint density at radius 1 is 1.70 bits per heavy atom. The van der Waals surface area contributed by atoms with Crippen LogP contribution in [-0.2, 0) is 4.74 Å². The Hall–Kier alpha value is -0.890. The predicted molar refractivity (Wildman–Crippen MR) is 37.7 cm³/mol. The molecule has 1 saturated heterocycles. The molecule has 0 unspecified atom stereocenters. The smallest absolute Gasteiger partial charge is 0.123 e. The summed E-state index contributed by atoms with van der Waals surface area (Å²) in [7, 11) is 0. The quantitative estimate of drug-likeness (QED) is 0.545. The molecule has 0 N–H and O–H groups in total. The van der Waals surface area contributed by atoms with E-state index >= 15 is 0 Å². The van der Waals surface area contributed by atoms with Crippen molar-refractivity contribution in [2.45, 2.75) is 13.0 Å². The fraction of sp³-hybridized carbons (Fsp3) is 0.375. The number of epoxide rings is 1. The zero-order valence-electron chi connectivity index (χ0n) is 5.87. The van der Waals surface area contributed by atoms with Gasteiger partial charge in [0, 0.05) is 6.20 Å². The van der Waals surface area contributed by atoms with Gasteiger partial charge in [-0.1, -0.05) is 6.07 Å². The number of hydrogen-bond donors (Lipinski definition) is 0. The molecule has 0 radical (unpaired) electrons. The van der Waals surface area contributed by atoms with Crippen molar-refractivity contribution in [3.05, 3.63) is 29.6 Å². The van der Waals surface area contributed by atoms with Crippen molar-refractivity contribution in [1.29, 1.82) is 0 Å². The zero-order chi connectivity index (χ0) is 6.97. The summed E-state index contributed by atoms with van der Waals surface area (Å²) in [5, 5.41) is 0. The van der Waals surface area contributed by atoms with Gasteiger partial charge in [-0.15, -0.1) is 0 Å². The number of aromatic nitrogens is 1. The van der Waals surface area contributed by atoms with E-state index in [9.17, 15) is 0 Å². The van der Waals surface area contributed by atoms with E-state index in [0.717, 1.165) is 12.3 Å². The van der Waals surface area contributed by atoms with Crippen molar-refractivity contribution in [3.8, 4) is 0 Å². The highest BCUT2D eigenvalue weighted by atomic mass is 16.6. The number of nitrogens with zero attached hydrogens (tertiary/aromatic N) is 1. The molecule has 0 amide bonds. The fourth-order valence-electron chi connectivity index (χ4n) is 1.04. The maximum absolute atomic E-state index is 5.11. The van der Waals surface area contributed by atoms with Crippen LogP contribution < -0.4 is 0 Å². The summed E-state index contributed by atoms with van der Waals surface area (Å²) in [6.07, 6.45) is 2.10. The third kappa shape index (κ3) is 0.907. The molecular formula is C8H9NO. The molecule has 0 saturated carbocycles. The van der Waals surface area contributed by atoms with E-state index in [0.29, 0.717) is 6.10 Å². The van der Waals surface area contributed by atoms with Gasteiger partial charge < -0.3 is 4.74 Å². The first-order chi connectivity index (χ1) is 4.88. The van der Waals surface area contributed by atoms with Gasteiger partial charge in [0.2, 0.25) is 0 Å². The zero-order valence-corrected chi connectivity index (χ0v) is 5.87. The third-order valence-corrected chi connectivity index (χ3v) is 1.69. The number of aryl methyl sites for hydroxylation is 1. The van der Waals surface area contributed by atoms with E-state index in [-0.39, 0.29) is 0 Å². The lowest BCUT2D eigenvalue weighted by atomic mass is 10.2.